The topological polar surface area (TPSA) is 105 Å². The first-order valence-electron chi connectivity index (χ1n) is 11.3. The second-order valence-electron chi connectivity index (χ2n) is 7.80. The molecule has 0 saturated heterocycles. The predicted molar refractivity (Wildman–Crippen MR) is 129 cm³/mol. The van der Waals surface area contributed by atoms with Crippen LogP contribution in [0.3, 0.4) is 0 Å². The molecule has 0 saturated carbocycles. The quantitative estimate of drug-likeness (QED) is 0.581. The molecule has 1 N–H and O–H groups in total. The zero-order valence-electron chi connectivity index (χ0n) is 20.0. The minimum Gasteiger partial charge on any atom is -0.486 e. The third-order valence-electron chi connectivity index (χ3n) is 5.59. The number of hydrogen-bond donors (Lipinski definition) is 1. The van der Waals surface area contributed by atoms with Crippen LogP contribution >= 0.6 is 0 Å². The Hall–Kier alpha value is -3.11. The normalized spacial score (nSPS) is 13.0. The molecule has 1 aliphatic rings. The Morgan fingerprint density at radius 2 is 1.62 bits per heavy atom. The summed E-state index contributed by atoms with van der Waals surface area (Å²) < 4.78 is 38.4. The molecule has 0 bridgehead atoms. The van der Waals surface area contributed by atoms with Crippen LogP contribution in [0.5, 0.6) is 11.5 Å². The van der Waals surface area contributed by atoms with E-state index < -0.39 is 15.9 Å². The zero-order valence-corrected chi connectivity index (χ0v) is 20.8. The molecule has 2 amide bonds. The van der Waals surface area contributed by atoms with E-state index in [4.69, 9.17) is 9.47 Å². The van der Waals surface area contributed by atoms with Crippen LogP contribution in [-0.2, 0) is 14.8 Å². The van der Waals surface area contributed by atoms with Crippen LogP contribution in [0, 0.1) is 6.92 Å². The smallest absolute Gasteiger partial charge is 0.254 e. The summed E-state index contributed by atoms with van der Waals surface area (Å²) in [5, 5.41) is 2.77. The van der Waals surface area contributed by atoms with Gasteiger partial charge in [-0.1, -0.05) is 19.9 Å². The number of hydrogen-bond acceptors (Lipinski definition) is 6. The van der Waals surface area contributed by atoms with Crippen molar-refractivity contribution in [3.8, 4) is 11.5 Å². The van der Waals surface area contributed by atoms with E-state index in [2.05, 4.69) is 5.32 Å². The van der Waals surface area contributed by atoms with Gasteiger partial charge in [0.1, 0.15) is 19.8 Å². The largest absolute Gasteiger partial charge is 0.486 e. The first-order chi connectivity index (χ1) is 16.2. The average Bonchev–Trinajstić information content (AvgIpc) is 2.82. The van der Waals surface area contributed by atoms with Crippen molar-refractivity contribution in [2.45, 2.75) is 32.6 Å². The number of rotatable bonds is 9. The second-order valence-corrected chi connectivity index (χ2v) is 9.70. The fraction of sp³-hybridized carbons (Fsp3) is 0.417. The minimum atomic E-state index is -3.73. The molecule has 0 spiro atoms. The zero-order chi connectivity index (χ0) is 24.9. The van der Waals surface area contributed by atoms with Gasteiger partial charge < -0.3 is 19.7 Å². The van der Waals surface area contributed by atoms with Gasteiger partial charge in [-0.2, -0.15) is 4.31 Å². The number of fused-ring (bicyclic) bond motifs is 1. The van der Waals surface area contributed by atoms with Crippen molar-refractivity contribution in [3.05, 3.63) is 47.5 Å². The van der Waals surface area contributed by atoms with Gasteiger partial charge in [-0.25, -0.2) is 8.42 Å². The lowest BCUT2D eigenvalue weighted by Gasteiger charge is -2.23. The van der Waals surface area contributed by atoms with Crippen molar-refractivity contribution in [1.82, 2.24) is 9.21 Å². The molecule has 1 aliphatic heterocycles. The maximum absolute atomic E-state index is 13.2. The highest BCUT2D eigenvalue weighted by Crippen LogP contribution is 2.32. The second kappa shape index (κ2) is 10.9. The number of sulfonamides is 1. The maximum atomic E-state index is 13.2. The monoisotopic (exact) mass is 489 g/mol. The van der Waals surface area contributed by atoms with Gasteiger partial charge in [-0.05, 0) is 43.7 Å². The molecule has 184 valence electrons. The van der Waals surface area contributed by atoms with Crippen LogP contribution in [0.25, 0.3) is 0 Å². The summed E-state index contributed by atoms with van der Waals surface area (Å²) in [7, 11) is -3.73. The number of carbonyl (C=O) groups excluding carboxylic acids is 2. The SMILES string of the molecule is CCN(CC(=O)Nc1ccc2c(c1)OCCO2)C(=O)c1ccc(C)c(S(=O)(=O)N(CC)CC)c1. The molecule has 3 rings (SSSR count). The van der Waals surface area contributed by atoms with E-state index >= 15 is 0 Å². The molecule has 0 radical (unpaired) electrons. The molecule has 10 heteroatoms. The summed E-state index contributed by atoms with van der Waals surface area (Å²) in [6.07, 6.45) is 0. The van der Waals surface area contributed by atoms with Crippen molar-refractivity contribution in [2.24, 2.45) is 0 Å². The highest BCUT2D eigenvalue weighted by molar-refractivity contribution is 7.89. The molecule has 34 heavy (non-hydrogen) atoms. The third-order valence-corrected chi connectivity index (χ3v) is 7.78. The fourth-order valence-corrected chi connectivity index (χ4v) is 5.43. The average molecular weight is 490 g/mol. The lowest BCUT2D eigenvalue weighted by Crippen LogP contribution is -2.38. The van der Waals surface area contributed by atoms with Crippen LogP contribution in [0.2, 0.25) is 0 Å². The first-order valence-corrected chi connectivity index (χ1v) is 12.7. The van der Waals surface area contributed by atoms with Crippen molar-refractivity contribution in [2.75, 3.05) is 44.7 Å². The third kappa shape index (κ3) is 5.51. The molecule has 0 aliphatic carbocycles. The van der Waals surface area contributed by atoms with E-state index in [0.717, 1.165) is 0 Å². The van der Waals surface area contributed by atoms with Gasteiger partial charge in [0.25, 0.3) is 5.91 Å². The van der Waals surface area contributed by atoms with Crippen molar-refractivity contribution < 1.29 is 27.5 Å². The van der Waals surface area contributed by atoms with Gasteiger partial charge >= 0.3 is 0 Å². The van der Waals surface area contributed by atoms with E-state index in [1.165, 1.54) is 15.3 Å². The molecule has 0 unspecified atom stereocenters. The van der Waals surface area contributed by atoms with E-state index in [0.29, 0.717) is 49.1 Å². The summed E-state index contributed by atoms with van der Waals surface area (Å²) in [6.45, 7) is 8.66. The van der Waals surface area contributed by atoms with Crippen LogP contribution in [0.15, 0.2) is 41.3 Å². The Morgan fingerprint density at radius 3 is 2.26 bits per heavy atom. The molecule has 2 aromatic carbocycles. The number of nitrogens with zero attached hydrogens (tertiary/aromatic N) is 2. The minimum absolute atomic E-state index is 0.0961. The molecule has 2 aromatic rings. The van der Waals surface area contributed by atoms with Crippen LogP contribution in [0.1, 0.15) is 36.7 Å². The molecule has 1 heterocycles. The van der Waals surface area contributed by atoms with Gasteiger partial charge in [-0.15, -0.1) is 0 Å². The highest BCUT2D eigenvalue weighted by atomic mass is 32.2. The summed E-state index contributed by atoms with van der Waals surface area (Å²) in [5.74, 6) is 0.365. The Labute approximate surface area is 200 Å². The number of aryl methyl sites for hydroxylation is 1. The van der Waals surface area contributed by atoms with Gasteiger partial charge in [-0.3, -0.25) is 9.59 Å². The summed E-state index contributed by atoms with van der Waals surface area (Å²) in [6, 6.07) is 9.69. The molecule has 0 aromatic heterocycles. The van der Waals surface area contributed by atoms with Crippen molar-refractivity contribution in [1.29, 1.82) is 0 Å². The van der Waals surface area contributed by atoms with E-state index in [1.54, 1.807) is 58.0 Å². The van der Waals surface area contributed by atoms with Gasteiger partial charge in [0.05, 0.1) is 4.90 Å². The molecule has 9 nitrogen and oxygen atoms in total. The number of carbonyl (C=O) groups is 2. The number of amides is 2. The van der Waals surface area contributed by atoms with Gasteiger partial charge in [0.2, 0.25) is 15.9 Å². The fourth-order valence-electron chi connectivity index (χ4n) is 3.72. The molecular weight excluding hydrogens is 458 g/mol. The molecule has 0 atom stereocenters. The predicted octanol–water partition coefficient (Wildman–Crippen LogP) is 2.90. The Bertz CT molecular complexity index is 1160. The van der Waals surface area contributed by atoms with Crippen molar-refractivity contribution >= 4 is 27.5 Å². The van der Waals surface area contributed by atoms with E-state index in [-0.39, 0.29) is 29.5 Å². The summed E-state index contributed by atoms with van der Waals surface area (Å²) in [4.78, 5) is 27.3. The van der Waals surface area contributed by atoms with Crippen LogP contribution in [0.4, 0.5) is 5.69 Å². The van der Waals surface area contributed by atoms with Crippen LogP contribution in [-0.4, -0.2) is 68.8 Å². The van der Waals surface area contributed by atoms with Crippen LogP contribution < -0.4 is 14.8 Å². The maximum Gasteiger partial charge on any atom is 0.254 e. The number of nitrogens with one attached hydrogen (secondary N) is 1. The first kappa shape index (κ1) is 25.5. The lowest BCUT2D eigenvalue weighted by molar-refractivity contribution is -0.116. The number of ether oxygens (including phenoxy) is 2. The van der Waals surface area contributed by atoms with Gasteiger partial charge in [0.15, 0.2) is 11.5 Å². The Balaban J connectivity index is 1.76. The summed E-state index contributed by atoms with van der Waals surface area (Å²) >= 11 is 0. The van der Waals surface area contributed by atoms with Crippen molar-refractivity contribution in [3.63, 3.8) is 0 Å². The van der Waals surface area contributed by atoms with E-state index in [1.807, 2.05) is 0 Å². The Kier molecular flexibility index (Phi) is 8.16. The number of likely N-dealkylation sites (N-methyl/N-ethyl adjacent to an activating group) is 1. The standard InChI is InChI=1S/C24H31N3O6S/c1-5-26(16-23(28)25-19-10-11-20-21(15-19)33-13-12-32-20)24(29)18-9-8-17(4)22(14-18)34(30,31)27(6-2)7-3/h8-11,14-15H,5-7,12-13,16H2,1-4H3,(H,25,28). The molecular formula is C24H31N3O6S. The summed E-state index contributed by atoms with van der Waals surface area (Å²) in [5.41, 5.74) is 1.30. The number of benzene rings is 2. The van der Waals surface area contributed by atoms with Gasteiger partial charge in [0, 0.05) is 37.0 Å². The molecule has 0 fully saturated rings. The lowest BCUT2D eigenvalue weighted by atomic mass is 10.1. The highest BCUT2D eigenvalue weighted by Gasteiger charge is 2.26. The van der Waals surface area contributed by atoms with E-state index in [9.17, 15) is 18.0 Å². The Morgan fingerprint density at radius 1 is 0.941 bits per heavy atom. The number of anilines is 1.